The maximum Gasteiger partial charge on any atom is 0.417 e. The Kier molecular flexibility index (Phi) is 5.81. The maximum absolute atomic E-state index is 13.8. The minimum absolute atomic E-state index is 0.0207. The fraction of sp³-hybridized carbons (Fsp3) is 0.381. The predicted molar refractivity (Wildman–Crippen MR) is 113 cm³/mol. The second-order valence-electron chi connectivity index (χ2n) is 7.32. The van der Waals surface area contributed by atoms with E-state index < -0.39 is 11.7 Å². The van der Waals surface area contributed by atoms with E-state index in [-0.39, 0.29) is 28.6 Å². The van der Waals surface area contributed by atoms with Crippen LogP contribution in [0.3, 0.4) is 0 Å². The third kappa shape index (κ3) is 4.48. The van der Waals surface area contributed by atoms with Crippen LogP contribution in [-0.2, 0) is 6.18 Å². The van der Waals surface area contributed by atoms with Crippen LogP contribution in [0, 0.1) is 0 Å². The fourth-order valence-corrected chi connectivity index (χ4v) is 3.80. The van der Waals surface area contributed by atoms with Gasteiger partial charge in [-0.3, -0.25) is 4.90 Å². The maximum atomic E-state index is 13.8. The van der Waals surface area contributed by atoms with E-state index in [1.807, 2.05) is 0 Å². The van der Waals surface area contributed by atoms with Gasteiger partial charge in [0.1, 0.15) is 18.2 Å². The molecule has 0 unspecified atom stereocenters. The number of nitrogens with two attached hydrogens (primary N) is 1. The summed E-state index contributed by atoms with van der Waals surface area (Å²) in [4.78, 5) is 14.8. The molecule has 0 radical (unpaired) electrons. The van der Waals surface area contributed by atoms with Gasteiger partial charge < -0.3 is 15.8 Å². The number of hydrogen-bond donors (Lipinski definition) is 2. The molecule has 0 aliphatic carbocycles. The van der Waals surface area contributed by atoms with Crippen molar-refractivity contribution >= 4 is 22.8 Å². The van der Waals surface area contributed by atoms with Gasteiger partial charge in [0.15, 0.2) is 5.65 Å². The largest absolute Gasteiger partial charge is 0.492 e. The lowest BCUT2D eigenvalue weighted by Crippen LogP contribution is -2.25. The molecule has 3 N–H and O–H groups in total. The molecule has 3 aromatic rings. The van der Waals surface area contributed by atoms with Crippen LogP contribution in [0.2, 0.25) is 0 Å². The Labute approximate surface area is 177 Å². The molecule has 4 rings (SSSR count). The van der Waals surface area contributed by atoms with E-state index in [1.165, 1.54) is 18.2 Å². The van der Waals surface area contributed by atoms with Gasteiger partial charge in [0.2, 0.25) is 5.95 Å². The van der Waals surface area contributed by atoms with E-state index in [4.69, 9.17) is 10.5 Å². The molecule has 1 fully saturated rings. The smallest absolute Gasteiger partial charge is 0.417 e. The molecule has 1 aromatic carbocycles. The Bertz CT molecular complexity index is 1080. The molecule has 1 aliphatic rings. The van der Waals surface area contributed by atoms with Crippen LogP contribution in [0.25, 0.3) is 22.3 Å². The average molecular weight is 432 g/mol. The molecule has 2 aromatic heterocycles. The lowest BCUT2D eigenvalue weighted by molar-refractivity contribution is -0.137. The number of anilines is 2. The highest BCUT2D eigenvalue weighted by Gasteiger charge is 2.35. The van der Waals surface area contributed by atoms with Crippen LogP contribution in [0.15, 0.2) is 30.3 Å². The first-order valence-corrected chi connectivity index (χ1v) is 10.0. The predicted octanol–water partition coefficient (Wildman–Crippen LogP) is 3.81. The Balaban J connectivity index is 1.76. The molecule has 10 heteroatoms. The number of nitrogen functional groups attached to an aromatic ring is 1. The van der Waals surface area contributed by atoms with Gasteiger partial charge >= 0.3 is 6.18 Å². The summed E-state index contributed by atoms with van der Waals surface area (Å²) in [6, 6.07) is 7.05. The lowest BCUT2D eigenvalue weighted by atomic mass is 10.0. The molecular weight excluding hydrogens is 409 g/mol. The van der Waals surface area contributed by atoms with Crippen molar-refractivity contribution < 1.29 is 17.9 Å². The van der Waals surface area contributed by atoms with E-state index in [0.717, 1.165) is 32.0 Å². The number of alkyl halides is 3. The highest BCUT2D eigenvalue weighted by molar-refractivity contribution is 5.89. The van der Waals surface area contributed by atoms with Crippen molar-refractivity contribution in [2.45, 2.75) is 19.0 Å². The van der Waals surface area contributed by atoms with Gasteiger partial charge in [0, 0.05) is 13.6 Å². The first kappa shape index (κ1) is 21.1. The van der Waals surface area contributed by atoms with E-state index in [0.29, 0.717) is 24.4 Å². The van der Waals surface area contributed by atoms with Crippen molar-refractivity contribution in [2.24, 2.45) is 0 Å². The molecule has 3 heterocycles. The van der Waals surface area contributed by atoms with Crippen molar-refractivity contribution in [1.82, 2.24) is 19.9 Å². The van der Waals surface area contributed by atoms with Gasteiger partial charge in [-0.25, -0.2) is 4.98 Å². The summed E-state index contributed by atoms with van der Waals surface area (Å²) in [6.45, 7) is 2.93. The number of nitrogens with zero attached hydrogens (tertiary/aromatic N) is 4. The molecule has 0 saturated carbocycles. The summed E-state index contributed by atoms with van der Waals surface area (Å²) in [6.07, 6.45) is -2.30. The number of fused-ring (bicyclic) bond motifs is 1. The molecular formula is C21H23F3N6O. The average Bonchev–Trinajstić information content (AvgIpc) is 3.25. The SMILES string of the molecule is CNc1nc(N)nc2nc(-c3c(OCCN4CCCC4)cccc3C(F)(F)F)ccc12. The van der Waals surface area contributed by atoms with E-state index >= 15 is 0 Å². The van der Waals surface area contributed by atoms with E-state index in [2.05, 4.69) is 25.2 Å². The van der Waals surface area contributed by atoms with Crippen molar-refractivity contribution in [1.29, 1.82) is 0 Å². The number of aromatic nitrogens is 3. The van der Waals surface area contributed by atoms with Crippen molar-refractivity contribution in [3.63, 3.8) is 0 Å². The topological polar surface area (TPSA) is 89.2 Å². The lowest BCUT2D eigenvalue weighted by Gasteiger charge is -2.19. The van der Waals surface area contributed by atoms with Crippen molar-refractivity contribution in [2.75, 3.05) is 44.3 Å². The van der Waals surface area contributed by atoms with Gasteiger partial charge in [-0.1, -0.05) is 6.07 Å². The summed E-state index contributed by atoms with van der Waals surface area (Å²) in [5, 5.41) is 3.45. The Morgan fingerprint density at radius 3 is 2.58 bits per heavy atom. The molecule has 7 nitrogen and oxygen atoms in total. The van der Waals surface area contributed by atoms with Gasteiger partial charge in [0.25, 0.3) is 0 Å². The molecule has 0 bridgehead atoms. The minimum atomic E-state index is -4.57. The molecule has 0 atom stereocenters. The second-order valence-corrected chi connectivity index (χ2v) is 7.32. The number of ether oxygens (including phenoxy) is 1. The number of hydrogen-bond acceptors (Lipinski definition) is 7. The quantitative estimate of drug-likeness (QED) is 0.612. The summed E-state index contributed by atoms with van der Waals surface area (Å²) in [5.41, 5.74) is 5.12. The Morgan fingerprint density at radius 2 is 1.87 bits per heavy atom. The van der Waals surface area contributed by atoms with Gasteiger partial charge in [-0.05, 0) is 50.2 Å². The van der Waals surface area contributed by atoms with Crippen LogP contribution < -0.4 is 15.8 Å². The zero-order chi connectivity index (χ0) is 22.0. The Hall–Kier alpha value is -3.14. The molecule has 0 spiro atoms. The number of benzene rings is 1. The third-order valence-corrected chi connectivity index (χ3v) is 5.27. The van der Waals surface area contributed by atoms with Gasteiger partial charge in [-0.2, -0.15) is 23.1 Å². The number of pyridine rings is 1. The van der Waals surface area contributed by atoms with Crippen molar-refractivity contribution in [3.8, 4) is 17.0 Å². The number of halogens is 3. The zero-order valence-corrected chi connectivity index (χ0v) is 17.0. The van der Waals surface area contributed by atoms with Crippen LogP contribution in [0.5, 0.6) is 5.75 Å². The van der Waals surface area contributed by atoms with Crippen LogP contribution >= 0.6 is 0 Å². The van der Waals surface area contributed by atoms with Gasteiger partial charge in [0.05, 0.1) is 22.2 Å². The Morgan fingerprint density at radius 1 is 1.10 bits per heavy atom. The van der Waals surface area contributed by atoms with E-state index in [1.54, 1.807) is 13.1 Å². The molecule has 1 saturated heterocycles. The molecule has 0 amide bonds. The number of likely N-dealkylation sites (tertiary alicyclic amines) is 1. The molecule has 31 heavy (non-hydrogen) atoms. The summed E-state index contributed by atoms with van der Waals surface area (Å²) >= 11 is 0. The highest BCUT2D eigenvalue weighted by atomic mass is 19.4. The van der Waals surface area contributed by atoms with Crippen LogP contribution in [0.1, 0.15) is 18.4 Å². The number of rotatable bonds is 6. The number of nitrogens with one attached hydrogen (secondary N) is 1. The summed E-state index contributed by atoms with van der Waals surface area (Å²) < 4.78 is 47.3. The van der Waals surface area contributed by atoms with Crippen LogP contribution in [0.4, 0.5) is 24.9 Å². The van der Waals surface area contributed by atoms with Crippen LogP contribution in [-0.4, -0.2) is 53.1 Å². The fourth-order valence-electron chi connectivity index (χ4n) is 3.80. The molecule has 1 aliphatic heterocycles. The van der Waals surface area contributed by atoms with Gasteiger partial charge in [-0.15, -0.1) is 0 Å². The zero-order valence-electron chi connectivity index (χ0n) is 17.0. The first-order valence-electron chi connectivity index (χ1n) is 10.0. The second kappa shape index (κ2) is 8.54. The summed E-state index contributed by atoms with van der Waals surface area (Å²) in [7, 11) is 1.67. The monoisotopic (exact) mass is 432 g/mol. The highest BCUT2D eigenvalue weighted by Crippen LogP contribution is 2.42. The normalized spacial score (nSPS) is 14.8. The minimum Gasteiger partial charge on any atom is -0.492 e. The first-order chi connectivity index (χ1) is 14.9. The standard InChI is InChI=1S/C21H23F3N6O/c1-26-18-13-7-8-15(27-19(13)29-20(25)28-18)17-14(21(22,23)24)5-4-6-16(17)31-12-11-30-9-2-3-10-30/h4-8H,2-3,9-12H2,1H3,(H3,25,26,27,28,29). The summed E-state index contributed by atoms with van der Waals surface area (Å²) in [5.74, 6) is 0.567. The third-order valence-electron chi connectivity index (χ3n) is 5.27. The van der Waals surface area contributed by atoms with E-state index in [9.17, 15) is 13.2 Å². The molecule has 164 valence electrons. The van der Waals surface area contributed by atoms with Crippen molar-refractivity contribution in [3.05, 3.63) is 35.9 Å².